The van der Waals surface area contributed by atoms with Gasteiger partial charge in [-0.1, -0.05) is 0 Å². The predicted octanol–water partition coefficient (Wildman–Crippen LogP) is 3.08. The highest BCUT2D eigenvalue weighted by Crippen LogP contribution is 2.27. The van der Waals surface area contributed by atoms with Crippen LogP contribution in [-0.2, 0) is 13.0 Å². The fraction of sp³-hybridized carbons (Fsp3) is 0.158. The Labute approximate surface area is 152 Å². The van der Waals surface area contributed by atoms with Crippen molar-refractivity contribution in [2.45, 2.75) is 13.0 Å². The number of hydrogen-bond donors (Lipinski definition) is 0. The molecule has 0 saturated carbocycles. The maximum Gasteiger partial charge on any atom is 0.255 e. The zero-order valence-corrected chi connectivity index (χ0v) is 13.9. The normalized spacial score (nSPS) is 13.1. The minimum absolute atomic E-state index is 0.118. The molecule has 6 nitrogen and oxygen atoms in total. The second-order valence-corrected chi connectivity index (χ2v) is 6.07. The topological polar surface area (TPSA) is 83.0 Å². The van der Waals surface area contributed by atoms with Crippen molar-refractivity contribution >= 4 is 5.91 Å². The molecule has 0 N–H and O–H groups in total. The molecular formula is C19H12F2N4O2. The first-order valence-electron chi connectivity index (χ1n) is 8.14. The van der Waals surface area contributed by atoms with Gasteiger partial charge in [0, 0.05) is 30.8 Å². The average molecular weight is 366 g/mol. The lowest BCUT2D eigenvalue weighted by Gasteiger charge is -2.25. The van der Waals surface area contributed by atoms with E-state index in [-0.39, 0.29) is 29.6 Å². The largest absolute Gasteiger partial charge is 0.441 e. The first kappa shape index (κ1) is 16.8. The number of hydrogen-bond acceptors (Lipinski definition) is 5. The Morgan fingerprint density at radius 3 is 2.67 bits per heavy atom. The lowest BCUT2D eigenvalue weighted by Crippen LogP contribution is -2.35. The monoisotopic (exact) mass is 366 g/mol. The summed E-state index contributed by atoms with van der Waals surface area (Å²) in [5, 5.41) is 8.78. The van der Waals surface area contributed by atoms with Gasteiger partial charge in [0.2, 0.25) is 5.89 Å². The Bertz CT molecular complexity index is 1050. The summed E-state index contributed by atoms with van der Waals surface area (Å²) in [7, 11) is 0. The van der Waals surface area contributed by atoms with E-state index in [1.165, 1.54) is 12.3 Å². The molecule has 0 saturated heterocycles. The lowest BCUT2D eigenvalue weighted by atomic mass is 10.1. The van der Waals surface area contributed by atoms with Crippen LogP contribution >= 0.6 is 0 Å². The van der Waals surface area contributed by atoms with Gasteiger partial charge in [-0.05, 0) is 24.3 Å². The molecule has 0 atom stereocenters. The van der Waals surface area contributed by atoms with Crippen LogP contribution in [0.15, 0.2) is 40.9 Å². The van der Waals surface area contributed by atoms with Crippen LogP contribution in [0.4, 0.5) is 8.78 Å². The number of nitrogens with zero attached hydrogens (tertiary/aromatic N) is 4. The molecule has 1 aliphatic rings. The third-order valence-electron chi connectivity index (χ3n) is 4.25. The molecular weight excluding hydrogens is 354 g/mol. The second kappa shape index (κ2) is 6.61. The fourth-order valence-electron chi connectivity index (χ4n) is 2.94. The molecule has 0 bridgehead atoms. The molecule has 3 heterocycles. The Hall–Kier alpha value is -3.60. The van der Waals surface area contributed by atoms with E-state index in [4.69, 9.17) is 9.68 Å². The maximum atomic E-state index is 13.4. The number of pyridine rings is 1. The summed E-state index contributed by atoms with van der Waals surface area (Å²) < 4.78 is 32.5. The van der Waals surface area contributed by atoms with E-state index in [2.05, 4.69) is 9.97 Å². The molecule has 8 heteroatoms. The van der Waals surface area contributed by atoms with Crippen molar-refractivity contribution in [1.82, 2.24) is 14.9 Å². The van der Waals surface area contributed by atoms with Crippen molar-refractivity contribution < 1.29 is 18.0 Å². The van der Waals surface area contributed by atoms with Gasteiger partial charge in [0.05, 0.1) is 12.1 Å². The number of halogens is 2. The molecule has 4 rings (SSSR count). The van der Waals surface area contributed by atoms with Crippen LogP contribution in [0.3, 0.4) is 0 Å². The van der Waals surface area contributed by atoms with Crippen LogP contribution in [0.25, 0.3) is 11.5 Å². The highest BCUT2D eigenvalue weighted by molar-refractivity contribution is 5.94. The Morgan fingerprint density at radius 2 is 2.00 bits per heavy atom. The van der Waals surface area contributed by atoms with Crippen LogP contribution in [0.2, 0.25) is 0 Å². The minimum Gasteiger partial charge on any atom is -0.441 e. The molecule has 3 aromatic rings. The van der Waals surface area contributed by atoms with E-state index in [1.807, 2.05) is 6.07 Å². The molecule has 0 unspecified atom stereocenters. The number of aromatic nitrogens is 2. The van der Waals surface area contributed by atoms with E-state index < -0.39 is 11.6 Å². The van der Waals surface area contributed by atoms with E-state index >= 15 is 0 Å². The number of benzene rings is 1. The van der Waals surface area contributed by atoms with Gasteiger partial charge >= 0.3 is 0 Å². The molecule has 0 spiro atoms. The average Bonchev–Trinajstić information content (AvgIpc) is 3.10. The van der Waals surface area contributed by atoms with Crippen molar-refractivity contribution in [2.75, 3.05) is 6.54 Å². The summed E-state index contributed by atoms with van der Waals surface area (Å²) in [4.78, 5) is 22.4. The van der Waals surface area contributed by atoms with Crippen molar-refractivity contribution in [2.24, 2.45) is 0 Å². The van der Waals surface area contributed by atoms with Crippen LogP contribution in [0.1, 0.15) is 27.5 Å². The Balaban J connectivity index is 1.57. The van der Waals surface area contributed by atoms with Gasteiger partial charge < -0.3 is 9.32 Å². The van der Waals surface area contributed by atoms with Crippen molar-refractivity contribution in [3.63, 3.8) is 0 Å². The number of amides is 1. The standard InChI is InChI=1S/C19H12F2N4O2/c20-13-5-12(6-14(21)7-13)18-24-16-10-25(4-3-17(16)27-18)19(26)11-1-2-15(8-22)23-9-11/h1-2,5-7,9H,3-4,10H2. The first-order valence-corrected chi connectivity index (χ1v) is 8.14. The van der Waals surface area contributed by atoms with Gasteiger partial charge in [0.15, 0.2) is 0 Å². The SMILES string of the molecule is N#Cc1ccc(C(=O)N2CCc3oc(-c4cc(F)cc(F)c4)nc3C2)cn1. The number of fused-ring (bicyclic) bond motifs is 1. The summed E-state index contributed by atoms with van der Waals surface area (Å²) in [6.45, 7) is 0.632. The van der Waals surface area contributed by atoms with E-state index in [0.717, 1.165) is 18.2 Å². The number of carbonyl (C=O) groups excluding carboxylic acids is 1. The molecule has 27 heavy (non-hydrogen) atoms. The van der Waals surface area contributed by atoms with Crippen LogP contribution in [0.5, 0.6) is 0 Å². The number of carbonyl (C=O) groups is 1. The summed E-state index contributed by atoms with van der Waals surface area (Å²) in [6, 6.07) is 8.00. The van der Waals surface area contributed by atoms with Gasteiger partial charge in [0.25, 0.3) is 5.91 Å². The quantitative estimate of drug-likeness (QED) is 0.696. The molecule has 2 aromatic heterocycles. The molecule has 1 amide bonds. The molecule has 134 valence electrons. The van der Waals surface area contributed by atoms with Crippen molar-refractivity contribution in [3.8, 4) is 17.5 Å². The Morgan fingerprint density at radius 1 is 1.22 bits per heavy atom. The molecule has 0 radical (unpaired) electrons. The van der Waals surface area contributed by atoms with E-state index in [9.17, 15) is 13.6 Å². The van der Waals surface area contributed by atoms with Crippen LogP contribution in [0, 0.1) is 23.0 Å². The molecule has 1 aromatic carbocycles. The summed E-state index contributed by atoms with van der Waals surface area (Å²) in [5.41, 5.74) is 1.36. The zero-order chi connectivity index (χ0) is 19.0. The number of oxazole rings is 1. The first-order chi connectivity index (χ1) is 13.0. The smallest absolute Gasteiger partial charge is 0.255 e. The van der Waals surface area contributed by atoms with Crippen molar-refractivity contribution in [3.05, 3.63) is 70.9 Å². The zero-order valence-electron chi connectivity index (χ0n) is 13.9. The highest BCUT2D eigenvalue weighted by Gasteiger charge is 2.27. The summed E-state index contributed by atoms with van der Waals surface area (Å²) in [5.74, 6) is -0.957. The highest BCUT2D eigenvalue weighted by atomic mass is 19.1. The molecule has 0 fully saturated rings. The van der Waals surface area contributed by atoms with Crippen LogP contribution in [-0.4, -0.2) is 27.3 Å². The van der Waals surface area contributed by atoms with Gasteiger partial charge in [-0.25, -0.2) is 18.7 Å². The fourth-order valence-corrected chi connectivity index (χ4v) is 2.94. The summed E-state index contributed by atoms with van der Waals surface area (Å²) >= 11 is 0. The minimum atomic E-state index is -0.716. The van der Waals surface area contributed by atoms with Crippen LogP contribution < -0.4 is 0 Å². The van der Waals surface area contributed by atoms with E-state index in [1.54, 1.807) is 11.0 Å². The number of nitriles is 1. The second-order valence-electron chi connectivity index (χ2n) is 6.07. The third-order valence-corrected chi connectivity index (χ3v) is 4.25. The van der Waals surface area contributed by atoms with Gasteiger partial charge in [-0.3, -0.25) is 4.79 Å². The predicted molar refractivity (Wildman–Crippen MR) is 89.3 cm³/mol. The van der Waals surface area contributed by atoms with Crippen molar-refractivity contribution in [1.29, 1.82) is 5.26 Å². The molecule has 1 aliphatic heterocycles. The molecule has 0 aliphatic carbocycles. The third kappa shape index (κ3) is 3.27. The lowest BCUT2D eigenvalue weighted by molar-refractivity contribution is 0.0727. The Kier molecular flexibility index (Phi) is 4.12. The van der Waals surface area contributed by atoms with Gasteiger partial charge in [-0.15, -0.1) is 0 Å². The summed E-state index contributed by atoms with van der Waals surface area (Å²) in [6.07, 6.45) is 1.80. The number of rotatable bonds is 2. The van der Waals surface area contributed by atoms with E-state index in [0.29, 0.717) is 30.0 Å². The van der Waals surface area contributed by atoms with Gasteiger partial charge in [-0.2, -0.15) is 5.26 Å². The maximum absolute atomic E-state index is 13.4. The van der Waals surface area contributed by atoms with Gasteiger partial charge in [0.1, 0.15) is 34.9 Å².